The Labute approximate surface area is 196 Å². The van der Waals surface area contributed by atoms with E-state index in [1.54, 1.807) is 25.1 Å². The van der Waals surface area contributed by atoms with Gasteiger partial charge in [-0.3, -0.25) is 4.79 Å². The molecule has 3 aromatic rings. The van der Waals surface area contributed by atoms with Crippen molar-refractivity contribution in [2.75, 3.05) is 20.8 Å². The van der Waals surface area contributed by atoms with E-state index in [2.05, 4.69) is 35.8 Å². The number of aryl methyl sites for hydroxylation is 1. The smallest absolute Gasteiger partial charge is 0.264 e. The Morgan fingerprint density at radius 1 is 1.15 bits per heavy atom. The van der Waals surface area contributed by atoms with Gasteiger partial charge in [0, 0.05) is 32.1 Å². The Balaban J connectivity index is 1.86. The van der Waals surface area contributed by atoms with E-state index in [4.69, 9.17) is 4.74 Å². The van der Waals surface area contributed by atoms with Crippen LogP contribution in [0.5, 0.6) is 0 Å². The Kier molecular flexibility index (Phi) is 7.87. The fourth-order valence-corrected chi connectivity index (χ4v) is 4.33. The number of carbonyl (C=O) groups is 1. The molecule has 0 bridgehead atoms. The summed E-state index contributed by atoms with van der Waals surface area (Å²) in [5.74, 6) is -0.296. The van der Waals surface area contributed by atoms with Gasteiger partial charge < -0.3 is 14.2 Å². The van der Waals surface area contributed by atoms with Crippen molar-refractivity contribution >= 4 is 12.0 Å². The molecule has 5 nitrogen and oxygen atoms in total. The SMILES string of the molecule is COCC(C)n1c(C)cc(C=C(C#N)C(=O)N(C)Cc2ccccc2-c2ccccc2)c1C. The lowest BCUT2D eigenvalue weighted by molar-refractivity contribution is -0.125. The normalized spacial score (nSPS) is 12.3. The van der Waals surface area contributed by atoms with E-state index in [9.17, 15) is 10.1 Å². The maximum absolute atomic E-state index is 13.2. The molecule has 0 spiro atoms. The minimum Gasteiger partial charge on any atom is -0.383 e. The van der Waals surface area contributed by atoms with Gasteiger partial charge >= 0.3 is 0 Å². The lowest BCUT2D eigenvalue weighted by Crippen LogP contribution is -2.27. The van der Waals surface area contributed by atoms with Crippen LogP contribution in [-0.2, 0) is 16.1 Å². The second-order valence-electron chi connectivity index (χ2n) is 8.36. The summed E-state index contributed by atoms with van der Waals surface area (Å²) in [6.45, 7) is 7.12. The first-order chi connectivity index (χ1) is 15.9. The molecule has 1 aromatic heterocycles. The molecular weight excluding hydrogens is 410 g/mol. The van der Waals surface area contributed by atoms with Crippen molar-refractivity contribution in [3.05, 3.63) is 88.8 Å². The van der Waals surface area contributed by atoms with Gasteiger partial charge in [0.15, 0.2) is 0 Å². The molecule has 0 aliphatic rings. The standard InChI is InChI=1S/C28H31N3O2/c1-20-15-25(22(3)31(20)21(2)19-33-5)16-26(17-29)28(32)30(4)18-24-13-9-10-14-27(24)23-11-7-6-8-12-23/h6-16,21H,18-19H2,1-5H3. The highest BCUT2D eigenvalue weighted by Gasteiger charge is 2.19. The van der Waals surface area contributed by atoms with Gasteiger partial charge in [0.05, 0.1) is 12.6 Å². The van der Waals surface area contributed by atoms with Gasteiger partial charge in [-0.2, -0.15) is 5.26 Å². The molecule has 0 N–H and O–H groups in total. The molecule has 5 heteroatoms. The van der Waals surface area contributed by atoms with Crippen molar-refractivity contribution in [2.45, 2.75) is 33.4 Å². The zero-order valence-electron chi connectivity index (χ0n) is 20.0. The van der Waals surface area contributed by atoms with Gasteiger partial charge in [-0.15, -0.1) is 0 Å². The molecule has 1 amide bonds. The Hall–Kier alpha value is -3.62. The summed E-state index contributed by atoms with van der Waals surface area (Å²) in [4.78, 5) is 14.8. The third-order valence-corrected chi connectivity index (χ3v) is 5.88. The minimum absolute atomic E-state index is 0.120. The molecule has 0 radical (unpaired) electrons. The third-order valence-electron chi connectivity index (χ3n) is 5.88. The summed E-state index contributed by atoms with van der Waals surface area (Å²) in [5.41, 5.74) is 6.28. The topological polar surface area (TPSA) is 58.3 Å². The Bertz CT molecular complexity index is 1190. The van der Waals surface area contributed by atoms with Crippen molar-refractivity contribution in [2.24, 2.45) is 0 Å². The highest BCUT2D eigenvalue weighted by Crippen LogP contribution is 2.26. The number of benzene rings is 2. The number of aromatic nitrogens is 1. The first kappa shape index (κ1) is 24.0. The summed E-state index contributed by atoms with van der Waals surface area (Å²) < 4.78 is 7.47. The highest BCUT2D eigenvalue weighted by molar-refractivity contribution is 6.01. The lowest BCUT2D eigenvalue weighted by atomic mass is 9.99. The summed E-state index contributed by atoms with van der Waals surface area (Å²) >= 11 is 0. The Morgan fingerprint density at radius 2 is 1.82 bits per heavy atom. The number of amides is 1. The van der Waals surface area contributed by atoms with Crippen LogP contribution >= 0.6 is 0 Å². The predicted octanol–water partition coefficient (Wildman–Crippen LogP) is 5.54. The van der Waals surface area contributed by atoms with Crippen LogP contribution in [0.15, 0.2) is 66.2 Å². The summed E-state index contributed by atoms with van der Waals surface area (Å²) in [6, 6.07) is 22.4. The fourth-order valence-electron chi connectivity index (χ4n) is 4.33. The van der Waals surface area contributed by atoms with Crippen molar-refractivity contribution in [1.29, 1.82) is 5.26 Å². The average molecular weight is 442 g/mol. The van der Waals surface area contributed by atoms with E-state index in [0.717, 1.165) is 33.6 Å². The van der Waals surface area contributed by atoms with Crippen LogP contribution in [0.3, 0.4) is 0 Å². The monoisotopic (exact) mass is 441 g/mol. The number of nitriles is 1. The molecule has 33 heavy (non-hydrogen) atoms. The molecule has 3 rings (SSSR count). The molecule has 0 aliphatic carbocycles. The largest absolute Gasteiger partial charge is 0.383 e. The number of hydrogen-bond donors (Lipinski definition) is 0. The molecule has 1 heterocycles. The van der Waals surface area contributed by atoms with Crippen LogP contribution in [-0.4, -0.2) is 36.1 Å². The first-order valence-corrected chi connectivity index (χ1v) is 11.0. The molecule has 0 saturated carbocycles. The van der Waals surface area contributed by atoms with Crippen molar-refractivity contribution in [3.8, 4) is 17.2 Å². The number of methoxy groups -OCH3 is 1. The number of hydrogen-bond acceptors (Lipinski definition) is 3. The van der Waals surface area contributed by atoms with Gasteiger partial charge in [0.1, 0.15) is 11.6 Å². The quantitative estimate of drug-likeness (QED) is 0.340. The van der Waals surface area contributed by atoms with Crippen LogP contribution in [0.4, 0.5) is 0 Å². The zero-order chi connectivity index (χ0) is 24.0. The van der Waals surface area contributed by atoms with Gasteiger partial charge in [0.25, 0.3) is 5.91 Å². The molecule has 1 atom stereocenters. The number of likely N-dealkylation sites (N-methyl/N-ethyl adjacent to an activating group) is 1. The lowest BCUT2D eigenvalue weighted by Gasteiger charge is -2.19. The van der Waals surface area contributed by atoms with Crippen LogP contribution in [0, 0.1) is 25.2 Å². The molecular formula is C28H31N3O2. The van der Waals surface area contributed by atoms with E-state index >= 15 is 0 Å². The maximum Gasteiger partial charge on any atom is 0.264 e. The van der Waals surface area contributed by atoms with Crippen LogP contribution in [0.1, 0.15) is 35.5 Å². The first-order valence-electron chi connectivity index (χ1n) is 11.0. The van der Waals surface area contributed by atoms with E-state index < -0.39 is 0 Å². The molecule has 170 valence electrons. The molecule has 1 unspecified atom stereocenters. The summed E-state index contributed by atoms with van der Waals surface area (Å²) in [5, 5.41) is 9.77. The van der Waals surface area contributed by atoms with Gasteiger partial charge in [-0.05, 0) is 55.2 Å². The molecule has 0 fully saturated rings. The van der Waals surface area contributed by atoms with Crippen LogP contribution in [0.25, 0.3) is 17.2 Å². The molecule has 0 aliphatic heterocycles. The predicted molar refractivity (Wildman–Crippen MR) is 132 cm³/mol. The highest BCUT2D eigenvalue weighted by atomic mass is 16.5. The maximum atomic E-state index is 13.2. The number of nitrogens with zero attached hydrogens (tertiary/aromatic N) is 3. The third kappa shape index (κ3) is 5.42. The zero-order valence-corrected chi connectivity index (χ0v) is 20.0. The van der Waals surface area contributed by atoms with Gasteiger partial charge in [-0.1, -0.05) is 54.6 Å². The van der Waals surface area contributed by atoms with Crippen LogP contribution in [0.2, 0.25) is 0 Å². The van der Waals surface area contributed by atoms with Crippen molar-refractivity contribution < 1.29 is 9.53 Å². The van der Waals surface area contributed by atoms with E-state index in [1.165, 1.54) is 0 Å². The van der Waals surface area contributed by atoms with Crippen molar-refractivity contribution in [1.82, 2.24) is 9.47 Å². The van der Waals surface area contributed by atoms with Crippen LogP contribution < -0.4 is 0 Å². The van der Waals surface area contributed by atoms with Gasteiger partial charge in [-0.25, -0.2) is 0 Å². The number of rotatable bonds is 8. The van der Waals surface area contributed by atoms with Crippen molar-refractivity contribution in [3.63, 3.8) is 0 Å². The van der Waals surface area contributed by atoms with Gasteiger partial charge in [0.2, 0.25) is 0 Å². The fraction of sp³-hybridized carbons (Fsp3) is 0.286. The second kappa shape index (κ2) is 10.8. The summed E-state index contributed by atoms with van der Waals surface area (Å²) in [6.07, 6.45) is 1.69. The van der Waals surface area contributed by atoms with E-state index in [1.807, 2.05) is 56.3 Å². The second-order valence-corrected chi connectivity index (χ2v) is 8.36. The number of carbonyl (C=O) groups excluding carboxylic acids is 1. The molecule has 2 aromatic carbocycles. The number of ether oxygens (including phenoxy) is 1. The van der Waals surface area contributed by atoms with E-state index in [0.29, 0.717) is 13.2 Å². The minimum atomic E-state index is -0.296. The average Bonchev–Trinajstić information content (AvgIpc) is 3.10. The molecule has 0 saturated heterocycles. The van der Waals surface area contributed by atoms with E-state index in [-0.39, 0.29) is 17.5 Å². The summed E-state index contributed by atoms with van der Waals surface area (Å²) in [7, 11) is 3.42. The Morgan fingerprint density at radius 3 is 2.48 bits per heavy atom.